The summed E-state index contributed by atoms with van der Waals surface area (Å²) in [5, 5.41) is 11.5. The minimum atomic E-state index is -0.734. The average molecular weight is 280 g/mol. The molecule has 21 heavy (non-hydrogen) atoms. The Balaban J connectivity index is 1.95. The summed E-state index contributed by atoms with van der Waals surface area (Å²) in [5.41, 5.74) is 2.43. The van der Waals surface area contributed by atoms with Crippen molar-refractivity contribution in [3.8, 4) is 5.75 Å². The van der Waals surface area contributed by atoms with Gasteiger partial charge in [-0.3, -0.25) is 9.97 Å². The zero-order chi connectivity index (χ0) is 14.7. The van der Waals surface area contributed by atoms with Gasteiger partial charge in [0, 0.05) is 23.3 Å². The molecule has 0 saturated carbocycles. The van der Waals surface area contributed by atoms with E-state index in [1.807, 2.05) is 43.3 Å². The van der Waals surface area contributed by atoms with Crippen molar-refractivity contribution in [1.82, 2.24) is 9.97 Å². The topological polar surface area (TPSA) is 55.2 Å². The van der Waals surface area contributed by atoms with Gasteiger partial charge in [0.05, 0.1) is 18.3 Å². The molecule has 2 aromatic heterocycles. The van der Waals surface area contributed by atoms with Crippen LogP contribution >= 0.6 is 0 Å². The maximum absolute atomic E-state index is 10.5. The van der Waals surface area contributed by atoms with E-state index in [1.54, 1.807) is 18.6 Å². The van der Waals surface area contributed by atoms with Crippen molar-refractivity contribution in [3.63, 3.8) is 0 Å². The van der Waals surface area contributed by atoms with Crippen LogP contribution in [0.3, 0.4) is 0 Å². The molecule has 0 amide bonds. The van der Waals surface area contributed by atoms with E-state index in [0.717, 1.165) is 16.5 Å². The molecular weight excluding hydrogens is 264 g/mol. The Bertz CT molecular complexity index is 758. The summed E-state index contributed by atoms with van der Waals surface area (Å²) in [5.74, 6) is 0.663. The Morgan fingerprint density at radius 2 is 2.05 bits per heavy atom. The molecule has 1 atom stereocenters. The van der Waals surface area contributed by atoms with Crippen molar-refractivity contribution in [2.24, 2.45) is 0 Å². The monoisotopic (exact) mass is 280 g/mol. The molecule has 0 aliphatic rings. The molecule has 1 aromatic carbocycles. The smallest absolute Gasteiger partial charge is 0.137 e. The van der Waals surface area contributed by atoms with Crippen LogP contribution in [-0.2, 0) is 0 Å². The van der Waals surface area contributed by atoms with Crippen LogP contribution in [0.2, 0.25) is 0 Å². The molecule has 0 bridgehead atoms. The van der Waals surface area contributed by atoms with Crippen LogP contribution in [0.1, 0.15) is 24.2 Å². The van der Waals surface area contributed by atoms with Crippen LogP contribution in [0.5, 0.6) is 5.75 Å². The van der Waals surface area contributed by atoms with E-state index in [0.29, 0.717) is 17.9 Å². The largest absolute Gasteiger partial charge is 0.492 e. The van der Waals surface area contributed by atoms with Gasteiger partial charge in [0.15, 0.2) is 0 Å². The number of benzene rings is 1. The van der Waals surface area contributed by atoms with Gasteiger partial charge in [-0.25, -0.2) is 0 Å². The highest BCUT2D eigenvalue weighted by molar-refractivity contribution is 5.79. The number of fused-ring (bicyclic) bond motifs is 1. The number of aromatic nitrogens is 2. The Morgan fingerprint density at radius 1 is 1.14 bits per heavy atom. The minimum Gasteiger partial charge on any atom is -0.492 e. The third-order valence-corrected chi connectivity index (χ3v) is 3.30. The van der Waals surface area contributed by atoms with E-state index >= 15 is 0 Å². The lowest BCUT2D eigenvalue weighted by Gasteiger charge is -2.13. The van der Waals surface area contributed by atoms with E-state index in [9.17, 15) is 5.11 Å². The first kappa shape index (κ1) is 13.5. The molecule has 1 N–H and O–H groups in total. The predicted molar refractivity (Wildman–Crippen MR) is 81.2 cm³/mol. The van der Waals surface area contributed by atoms with Crippen molar-refractivity contribution in [2.75, 3.05) is 6.61 Å². The van der Waals surface area contributed by atoms with Crippen LogP contribution in [-0.4, -0.2) is 21.7 Å². The summed E-state index contributed by atoms with van der Waals surface area (Å²) in [6.45, 7) is 2.49. The zero-order valence-electron chi connectivity index (χ0n) is 11.7. The number of ether oxygens (including phenoxy) is 1. The third-order valence-electron chi connectivity index (χ3n) is 3.30. The minimum absolute atomic E-state index is 0.572. The van der Waals surface area contributed by atoms with Crippen molar-refractivity contribution in [1.29, 1.82) is 0 Å². The van der Waals surface area contributed by atoms with Gasteiger partial charge >= 0.3 is 0 Å². The predicted octanol–water partition coefficient (Wildman–Crippen LogP) is 3.11. The van der Waals surface area contributed by atoms with Gasteiger partial charge in [0.2, 0.25) is 0 Å². The van der Waals surface area contributed by atoms with Gasteiger partial charge in [-0.2, -0.15) is 0 Å². The first-order valence-corrected chi connectivity index (χ1v) is 6.88. The Morgan fingerprint density at radius 3 is 2.90 bits per heavy atom. The van der Waals surface area contributed by atoms with Crippen molar-refractivity contribution < 1.29 is 9.84 Å². The number of nitrogens with zero attached hydrogens (tertiary/aromatic N) is 2. The summed E-state index contributed by atoms with van der Waals surface area (Å²) in [6, 6.07) is 11.4. The van der Waals surface area contributed by atoms with E-state index in [4.69, 9.17) is 4.74 Å². The number of hydrogen-bond donors (Lipinski definition) is 1. The lowest BCUT2D eigenvalue weighted by Crippen LogP contribution is -2.02. The Kier molecular flexibility index (Phi) is 3.79. The van der Waals surface area contributed by atoms with Gasteiger partial charge < -0.3 is 9.84 Å². The summed E-state index contributed by atoms with van der Waals surface area (Å²) in [7, 11) is 0. The van der Waals surface area contributed by atoms with E-state index in [1.165, 1.54) is 0 Å². The van der Waals surface area contributed by atoms with E-state index in [2.05, 4.69) is 9.97 Å². The van der Waals surface area contributed by atoms with E-state index < -0.39 is 6.10 Å². The average Bonchev–Trinajstić information content (AvgIpc) is 2.54. The molecule has 2 heterocycles. The highest BCUT2D eigenvalue weighted by Crippen LogP contribution is 2.26. The molecule has 0 saturated heterocycles. The van der Waals surface area contributed by atoms with Gasteiger partial charge in [-0.05, 0) is 36.8 Å². The van der Waals surface area contributed by atoms with Crippen LogP contribution < -0.4 is 4.74 Å². The number of pyridine rings is 2. The molecule has 0 aliphatic heterocycles. The molecule has 1 unspecified atom stereocenters. The fourth-order valence-corrected chi connectivity index (χ4v) is 2.29. The molecule has 0 spiro atoms. The van der Waals surface area contributed by atoms with Gasteiger partial charge in [0.25, 0.3) is 0 Å². The maximum atomic E-state index is 10.5. The standard InChI is InChI=1S/C17H16N2O2/c1-2-21-15-9-14(10-18-11-15)17(20)13-5-6-16-12(8-13)4-3-7-19-16/h3-11,17,20H,2H2,1H3. The lowest BCUT2D eigenvalue weighted by molar-refractivity contribution is 0.219. The molecule has 106 valence electrons. The lowest BCUT2D eigenvalue weighted by atomic mass is 10.0. The summed E-state index contributed by atoms with van der Waals surface area (Å²) < 4.78 is 5.42. The molecule has 0 radical (unpaired) electrons. The van der Waals surface area contributed by atoms with Crippen LogP contribution in [0.4, 0.5) is 0 Å². The summed E-state index contributed by atoms with van der Waals surface area (Å²) in [4.78, 5) is 8.39. The first-order chi connectivity index (χ1) is 10.3. The quantitative estimate of drug-likeness (QED) is 0.797. The first-order valence-electron chi connectivity index (χ1n) is 6.88. The Labute approximate surface area is 123 Å². The molecular formula is C17H16N2O2. The fourth-order valence-electron chi connectivity index (χ4n) is 2.29. The second kappa shape index (κ2) is 5.89. The number of aliphatic hydroxyl groups excluding tert-OH is 1. The highest BCUT2D eigenvalue weighted by Gasteiger charge is 2.12. The number of hydrogen-bond acceptors (Lipinski definition) is 4. The van der Waals surface area contributed by atoms with Crippen molar-refractivity contribution >= 4 is 10.9 Å². The van der Waals surface area contributed by atoms with E-state index in [-0.39, 0.29) is 0 Å². The van der Waals surface area contributed by atoms with Crippen molar-refractivity contribution in [3.05, 3.63) is 66.1 Å². The number of rotatable bonds is 4. The third kappa shape index (κ3) is 2.85. The Hall–Kier alpha value is -2.46. The molecule has 4 nitrogen and oxygen atoms in total. The molecule has 0 fully saturated rings. The second-order valence-corrected chi connectivity index (χ2v) is 4.75. The van der Waals surface area contributed by atoms with Crippen LogP contribution in [0.25, 0.3) is 10.9 Å². The second-order valence-electron chi connectivity index (χ2n) is 4.75. The molecule has 4 heteroatoms. The maximum Gasteiger partial charge on any atom is 0.137 e. The number of aliphatic hydroxyl groups is 1. The fraction of sp³-hybridized carbons (Fsp3) is 0.176. The van der Waals surface area contributed by atoms with Gasteiger partial charge in [-0.1, -0.05) is 12.1 Å². The summed E-state index contributed by atoms with van der Waals surface area (Å²) in [6.07, 6.45) is 4.32. The summed E-state index contributed by atoms with van der Waals surface area (Å²) >= 11 is 0. The molecule has 3 rings (SSSR count). The highest BCUT2D eigenvalue weighted by atomic mass is 16.5. The van der Waals surface area contributed by atoms with Gasteiger partial charge in [-0.15, -0.1) is 0 Å². The van der Waals surface area contributed by atoms with Gasteiger partial charge in [0.1, 0.15) is 11.9 Å². The normalized spacial score (nSPS) is 12.3. The molecule has 0 aliphatic carbocycles. The van der Waals surface area contributed by atoms with Crippen molar-refractivity contribution in [2.45, 2.75) is 13.0 Å². The SMILES string of the molecule is CCOc1cncc(C(O)c2ccc3ncccc3c2)c1. The van der Waals surface area contributed by atoms with Crippen LogP contribution in [0.15, 0.2) is 55.0 Å². The zero-order valence-corrected chi connectivity index (χ0v) is 11.7. The molecule has 3 aromatic rings. The van der Waals surface area contributed by atoms with Crippen LogP contribution in [0, 0.1) is 0 Å².